The van der Waals surface area contributed by atoms with Crippen LogP contribution in [0.25, 0.3) is 242 Å². The molecule has 0 N–H and O–H groups in total. The quantitative estimate of drug-likeness (QED) is 0.137. The third-order valence-electron chi connectivity index (χ3n) is 24.8. The van der Waals surface area contributed by atoms with Gasteiger partial charge in [0.1, 0.15) is 22.3 Å². The predicted octanol–water partition coefficient (Wildman–Crippen LogP) is 30.2. The van der Waals surface area contributed by atoms with Gasteiger partial charge < -0.3 is 27.1 Å². The second-order valence-corrected chi connectivity index (χ2v) is 31.0. The number of hydrogen-bond donors (Lipinski definition) is 0. The van der Waals surface area contributed by atoms with Crippen molar-refractivity contribution in [2.24, 2.45) is 0 Å². The van der Waals surface area contributed by atoms with Gasteiger partial charge in [0.2, 0.25) is 0 Å². The number of nitrogens with zero attached hydrogens (tertiary/aromatic N) is 4. The minimum atomic E-state index is 0.849. The van der Waals surface area contributed by atoms with Crippen LogP contribution in [0.4, 0.5) is 0 Å². The van der Waals surface area contributed by atoms with Gasteiger partial charge in [0.15, 0.2) is 0 Å². The summed E-state index contributed by atoms with van der Waals surface area (Å²) in [6.07, 6.45) is 0. The van der Waals surface area contributed by atoms with Crippen LogP contribution < -0.4 is 0 Å². The van der Waals surface area contributed by atoms with Crippen molar-refractivity contribution in [1.82, 2.24) is 18.3 Å². The second-order valence-electron chi connectivity index (χ2n) is 31.0. The summed E-state index contributed by atoms with van der Waals surface area (Å²) in [4.78, 5) is 0. The molecule has 538 valence electrons. The molecular weight excluding hydrogens is 1410 g/mol. The molecule has 0 radical (unpaired) electrons. The maximum atomic E-state index is 7.16. The summed E-state index contributed by atoms with van der Waals surface area (Å²) in [6.45, 7) is 0. The molecule has 6 nitrogen and oxygen atoms in total. The Morgan fingerprint density at radius 2 is 0.483 bits per heavy atom. The van der Waals surface area contributed by atoms with Gasteiger partial charge in [-0.1, -0.05) is 267 Å². The molecule has 0 fully saturated rings. The number of benzene rings is 19. The van der Waals surface area contributed by atoms with Crippen LogP contribution in [0.15, 0.2) is 409 Å². The van der Waals surface area contributed by atoms with Gasteiger partial charge in [-0.2, -0.15) is 0 Å². The van der Waals surface area contributed by atoms with Crippen molar-refractivity contribution in [2.75, 3.05) is 0 Å². The molecule has 6 aromatic heterocycles. The van der Waals surface area contributed by atoms with E-state index in [-0.39, 0.29) is 0 Å². The Hall–Kier alpha value is -15.5. The molecule has 25 aromatic rings. The van der Waals surface area contributed by atoms with Crippen LogP contribution in [-0.4, -0.2) is 18.3 Å². The molecule has 0 atom stereocenters. The molecule has 0 aliphatic carbocycles. The van der Waals surface area contributed by atoms with E-state index in [0.717, 1.165) is 155 Å². The minimum absolute atomic E-state index is 0.849. The highest BCUT2D eigenvalue weighted by molar-refractivity contribution is 6.20. The summed E-state index contributed by atoms with van der Waals surface area (Å²) in [5.74, 6) is 0. The standard InChI is InChI=1S/C110H66N4O2/c1-3-18-72-60-74(35-34-67(72)16-1)69-36-52-82(53-37-69)113-102-57-45-75(70-38-48-80(49-39-70)111-98-29-9-5-20-87(98)88-21-6-10-30-99(88)111)62-95(102)90-55-44-79(65-104(90)113)86-26-14-28-94-108-84(24-15-33-107(108)116-110(86)94)77-47-59-101-97(64-77)89-22-7-11-31-100(89)112(101)81-50-40-71(41-51-81)76-46-58-103-96(63-76)91-56-43-78(85-25-13-27-93-92-23-8-12-32-106(92)115-109(85)93)66-105(91)114(103)83-54-42-68-17-2-4-19-73(68)61-83/h1-66H. The van der Waals surface area contributed by atoms with E-state index >= 15 is 0 Å². The fraction of sp³-hybridized carbons (Fsp3) is 0. The Kier molecular flexibility index (Phi) is 13.8. The summed E-state index contributed by atoms with van der Waals surface area (Å²) in [5, 5.41) is 18.9. The number of aromatic nitrogens is 4. The van der Waals surface area contributed by atoms with E-state index in [2.05, 4.69) is 413 Å². The van der Waals surface area contributed by atoms with E-state index in [0.29, 0.717) is 0 Å². The zero-order chi connectivity index (χ0) is 75.8. The highest BCUT2D eigenvalue weighted by Gasteiger charge is 2.24. The molecule has 0 aliphatic heterocycles. The van der Waals surface area contributed by atoms with Gasteiger partial charge in [-0.3, -0.25) is 0 Å². The second kappa shape index (κ2) is 25.0. The van der Waals surface area contributed by atoms with Crippen LogP contribution >= 0.6 is 0 Å². The largest absolute Gasteiger partial charge is 0.455 e. The average molecular weight is 1480 g/mol. The molecule has 0 spiro atoms. The third-order valence-corrected chi connectivity index (χ3v) is 24.8. The van der Waals surface area contributed by atoms with Gasteiger partial charge >= 0.3 is 0 Å². The van der Waals surface area contributed by atoms with E-state index in [9.17, 15) is 0 Å². The summed E-state index contributed by atoms with van der Waals surface area (Å²) in [6, 6.07) is 147. The van der Waals surface area contributed by atoms with Gasteiger partial charge in [0.25, 0.3) is 0 Å². The maximum absolute atomic E-state index is 7.16. The first-order valence-electron chi connectivity index (χ1n) is 39.8. The predicted molar refractivity (Wildman–Crippen MR) is 486 cm³/mol. The monoisotopic (exact) mass is 1470 g/mol. The van der Waals surface area contributed by atoms with Crippen LogP contribution in [0.5, 0.6) is 0 Å². The first kappa shape index (κ1) is 64.2. The van der Waals surface area contributed by atoms with Crippen molar-refractivity contribution >= 4 is 153 Å². The first-order valence-corrected chi connectivity index (χ1v) is 39.8. The molecule has 19 aromatic carbocycles. The third kappa shape index (κ3) is 9.78. The lowest BCUT2D eigenvalue weighted by Crippen LogP contribution is -1.94. The first-order chi connectivity index (χ1) is 57.5. The summed E-state index contributed by atoms with van der Waals surface area (Å²) < 4.78 is 23.5. The number of fused-ring (bicyclic) bond motifs is 20. The average Bonchev–Trinajstić information content (AvgIpc) is 1.60. The molecule has 6 heteroatoms. The van der Waals surface area contributed by atoms with Crippen LogP contribution in [0.2, 0.25) is 0 Å². The van der Waals surface area contributed by atoms with Crippen molar-refractivity contribution in [2.45, 2.75) is 0 Å². The Morgan fingerprint density at radius 1 is 0.155 bits per heavy atom. The van der Waals surface area contributed by atoms with E-state index in [1.807, 2.05) is 6.07 Å². The number of hydrogen-bond acceptors (Lipinski definition) is 2. The Labute approximate surface area is 665 Å². The molecule has 25 rings (SSSR count). The van der Waals surface area contributed by atoms with E-state index in [1.54, 1.807) is 0 Å². The Morgan fingerprint density at radius 3 is 1.04 bits per heavy atom. The summed E-state index contributed by atoms with van der Waals surface area (Å²) in [5.41, 5.74) is 30.7. The molecule has 0 bridgehead atoms. The lowest BCUT2D eigenvalue weighted by atomic mass is 9.96. The van der Waals surface area contributed by atoms with Gasteiger partial charge in [0.05, 0.1) is 44.1 Å². The molecule has 0 amide bonds. The van der Waals surface area contributed by atoms with Crippen LogP contribution in [0.1, 0.15) is 0 Å². The zero-order valence-corrected chi connectivity index (χ0v) is 62.7. The van der Waals surface area contributed by atoms with Gasteiger partial charge in [-0.05, 0) is 211 Å². The van der Waals surface area contributed by atoms with Gasteiger partial charge in [0, 0.05) is 98.5 Å². The van der Waals surface area contributed by atoms with Gasteiger partial charge in [-0.25, -0.2) is 0 Å². The molecule has 0 unspecified atom stereocenters. The van der Waals surface area contributed by atoms with E-state index in [4.69, 9.17) is 8.83 Å². The lowest BCUT2D eigenvalue weighted by Gasteiger charge is -2.12. The Bertz CT molecular complexity index is 8390. The number of furan rings is 2. The van der Waals surface area contributed by atoms with Gasteiger partial charge in [-0.15, -0.1) is 0 Å². The number of rotatable bonds is 10. The highest BCUT2D eigenvalue weighted by atomic mass is 16.3. The lowest BCUT2D eigenvalue weighted by molar-refractivity contribution is 0.669. The van der Waals surface area contributed by atoms with E-state index < -0.39 is 0 Å². The fourth-order valence-corrected chi connectivity index (χ4v) is 19.3. The molecule has 116 heavy (non-hydrogen) atoms. The number of para-hydroxylation sites is 6. The van der Waals surface area contributed by atoms with Crippen LogP contribution in [0.3, 0.4) is 0 Å². The zero-order valence-electron chi connectivity index (χ0n) is 62.7. The van der Waals surface area contributed by atoms with Crippen molar-refractivity contribution in [3.05, 3.63) is 400 Å². The maximum Gasteiger partial charge on any atom is 0.143 e. The molecule has 0 saturated heterocycles. The molecular formula is C110H66N4O2. The molecule has 6 heterocycles. The molecule has 0 aliphatic rings. The summed E-state index contributed by atoms with van der Waals surface area (Å²) in [7, 11) is 0. The Balaban J connectivity index is 0.570. The van der Waals surface area contributed by atoms with Crippen molar-refractivity contribution in [3.63, 3.8) is 0 Å². The SMILES string of the molecule is c1ccc2cc(-c3ccc(-n4c5ccc(-c6ccc(-n7c8ccccc8c8ccccc87)cc6)cc5c5ccc(-c6cccc7c6oc6cccc(-c8ccc9c(c8)c8ccccc8n9-c8ccc(-c9ccc%10c(c9)c9ccc(-c%11cccc%12c%11oc%11ccccc%11%12)cc9n%10-c9ccc%10ccccc%10c9)cc8)c67)cc54)cc3)ccc2c1. The fourth-order valence-electron chi connectivity index (χ4n) is 19.3. The summed E-state index contributed by atoms with van der Waals surface area (Å²) >= 11 is 0. The van der Waals surface area contributed by atoms with Crippen LogP contribution in [0, 0.1) is 0 Å². The van der Waals surface area contributed by atoms with E-state index in [1.165, 1.54) is 86.8 Å². The highest BCUT2D eigenvalue weighted by Crippen LogP contribution is 2.47. The van der Waals surface area contributed by atoms with Crippen molar-refractivity contribution in [3.8, 4) is 89.5 Å². The topological polar surface area (TPSA) is 46.0 Å². The van der Waals surface area contributed by atoms with Crippen molar-refractivity contribution < 1.29 is 8.83 Å². The molecule has 0 saturated carbocycles. The van der Waals surface area contributed by atoms with Crippen molar-refractivity contribution in [1.29, 1.82) is 0 Å². The normalized spacial score (nSPS) is 12.1. The minimum Gasteiger partial charge on any atom is -0.455 e. The smallest absolute Gasteiger partial charge is 0.143 e. The van der Waals surface area contributed by atoms with Crippen LogP contribution in [-0.2, 0) is 0 Å².